The molecule has 0 fully saturated rings. The van der Waals surface area contributed by atoms with Crippen molar-refractivity contribution < 1.29 is 28.6 Å². The van der Waals surface area contributed by atoms with Crippen LogP contribution in [0.4, 0.5) is 0 Å². The van der Waals surface area contributed by atoms with Crippen LogP contribution in [0, 0.1) is 0 Å². The van der Waals surface area contributed by atoms with E-state index in [-0.39, 0.29) is 31.1 Å². The van der Waals surface area contributed by atoms with Crippen LogP contribution in [-0.2, 0) is 28.6 Å². The van der Waals surface area contributed by atoms with Crippen LogP contribution in [0.5, 0.6) is 0 Å². The topological polar surface area (TPSA) is 78.9 Å². The fourth-order valence-electron chi connectivity index (χ4n) is 5.79. The van der Waals surface area contributed by atoms with E-state index in [9.17, 15) is 14.4 Å². The van der Waals surface area contributed by atoms with Gasteiger partial charge in [0.15, 0.2) is 6.10 Å². The minimum atomic E-state index is -0.755. The van der Waals surface area contributed by atoms with Crippen molar-refractivity contribution in [1.82, 2.24) is 0 Å². The number of carbonyl (C=O) groups excluding carboxylic acids is 3. The van der Waals surface area contributed by atoms with Crippen molar-refractivity contribution in [3.05, 3.63) is 0 Å². The van der Waals surface area contributed by atoms with Gasteiger partial charge in [0.1, 0.15) is 13.2 Å². The first-order valence-electron chi connectivity index (χ1n) is 20.0. The van der Waals surface area contributed by atoms with Crippen LogP contribution < -0.4 is 0 Å². The van der Waals surface area contributed by atoms with Crippen LogP contribution in [0.15, 0.2) is 0 Å². The molecule has 0 rings (SSSR count). The van der Waals surface area contributed by atoms with Gasteiger partial charge in [0.2, 0.25) is 0 Å². The van der Waals surface area contributed by atoms with Gasteiger partial charge < -0.3 is 14.2 Å². The fourth-order valence-corrected chi connectivity index (χ4v) is 5.79. The van der Waals surface area contributed by atoms with Gasteiger partial charge in [-0.2, -0.15) is 0 Å². The Hall–Kier alpha value is -1.59. The summed E-state index contributed by atoms with van der Waals surface area (Å²) in [5.74, 6) is -0.871. The molecule has 46 heavy (non-hydrogen) atoms. The van der Waals surface area contributed by atoms with E-state index in [0.29, 0.717) is 19.3 Å². The zero-order valence-corrected chi connectivity index (χ0v) is 30.9. The highest BCUT2D eigenvalue weighted by Crippen LogP contribution is 2.14. The second-order valence-electron chi connectivity index (χ2n) is 13.6. The van der Waals surface area contributed by atoms with Gasteiger partial charge in [-0.05, 0) is 19.3 Å². The Labute approximate surface area is 285 Å². The number of unbranched alkanes of at least 4 members (excludes halogenated alkanes) is 25. The van der Waals surface area contributed by atoms with Crippen molar-refractivity contribution in [2.45, 2.75) is 226 Å². The number of rotatable bonds is 36. The predicted molar refractivity (Wildman–Crippen MR) is 192 cm³/mol. The van der Waals surface area contributed by atoms with Crippen molar-refractivity contribution in [3.8, 4) is 0 Å². The van der Waals surface area contributed by atoms with E-state index >= 15 is 0 Å². The largest absolute Gasteiger partial charge is 0.462 e. The van der Waals surface area contributed by atoms with Crippen LogP contribution >= 0.6 is 0 Å². The minimum Gasteiger partial charge on any atom is -0.462 e. The maximum absolute atomic E-state index is 12.6. The molecule has 272 valence electrons. The summed E-state index contributed by atoms with van der Waals surface area (Å²) in [7, 11) is 0. The van der Waals surface area contributed by atoms with Crippen LogP contribution in [-0.4, -0.2) is 37.2 Å². The Kier molecular flexibility index (Phi) is 35.0. The molecule has 1 unspecified atom stereocenters. The second kappa shape index (κ2) is 36.2. The summed E-state index contributed by atoms with van der Waals surface area (Å²) in [6.07, 6.45) is 33.8. The third-order valence-electron chi connectivity index (χ3n) is 8.86. The molecule has 6 nitrogen and oxygen atoms in total. The lowest BCUT2D eigenvalue weighted by Gasteiger charge is -2.18. The van der Waals surface area contributed by atoms with Gasteiger partial charge in [0, 0.05) is 19.3 Å². The van der Waals surface area contributed by atoms with Crippen molar-refractivity contribution >= 4 is 17.9 Å². The van der Waals surface area contributed by atoms with Crippen LogP contribution in [0.25, 0.3) is 0 Å². The normalized spacial score (nSPS) is 11.8. The van der Waals surface area contributed by atoms with Gasteiger partial charge in [0.05, 0.1) is 0 Å². The average Bonchev–Trinajstić information content (AvgIpc) is 3.05. The molecule has 1 atom stereocenters. The molecule has 0 aromatic rings. The molecule has 0 radical (unpaired) electrons. The van der Waals surface area contributed by atoms with E-state index in [0.717, 1.165) is 57.8 Å². The minimum absolute atomic E-state index is 0.0643. The van der Waals surface area contributed by atoms with Crippen LogP contribution in [0.1, 0.15) is 220 Å². The Morgan fingerprint density at radius 1 is 0.348 bits per heavy atom. The van der Waals surface area contributed by atoms with E-state index in [1.165, 1.54) is 122 Å². The lowest BCUT2D eigenvalue weighted by Crippen LogP contribution is -2.30. The van der Waals surface area contributed by atoms with E-state index in [1.807, 2.05) is 0 Å². The zero-order valence-electron chi connectivity index (χ0n) is 30.9. The molecule has 0 saturated carbocycles. The summed E-state index contributed by atoms with van der Waals surface area (Å²) in [4.78, 5) is 37.3. The van der Waals surface area contributed by atoms with Crippen molar-refractivity contribution in [2.75, 3.05) is 13.2 Å². The zero-order chi connectivity index (χ0) is 33.8. The molecule has 0 bridgehead atoms. The van der Waals surface area contributed by atoms with E-state index in [1.54, 1.807) is 0 Å². The SMILES string of the molecule is CCCCCCCCCCCCCC(=O)OCC(COC(=O)CCCCCCCC)OC(=O)CCCCCCCCCCCCC. The highest BCUT2D eigenvalue weighted by Gasteiger charge is 2.19. The average molecular weight is 653 g/mol. The maximum atomic E-state index is 12.6. The predicted octanol–water partition coefficient (Wildman–Crippen LogP) is 12.1. The third kappa shape index (κ3) is 33.8. The Morgan fingerprint density at radius 3 is 0.870 bits per heavy atom. The molecule has 0 amide bonds. The quantitative estimate of drug-likeness (QED) is 0.0381. The molecule has 0 N–H and O–H groups in total. The third-order valence-corrected chi connectivity index (χ3v) is 8.86. The molecule has 0 aliphatic carbocycles. The maximum Gasteiger partial charge on any atom is 0.306 e. The summed E-state index contributed by atoms with van der Waals surface area (Å²) in [6, 6.07) is 0. The Morgan fingerprint density at radius 2 is 0.587 bits per heavy atom. The first-order valence-corrected chi connectivity index (χ1v) is 20.0. The molecule has 0 spiro atoms. The molecule has 6 heteroatoms. The molecule has 0 saturated heterocycles. The number of carbonyl (C=O) groups is 3. The van der Waals surface area contributed by atoms with Gasteiger partial charge in [-0.25, -0.2) is 0 Å². The molecular formula is C40H76O6. The number of ether oxygens (including phenoxy) is 3. The molecule has 0 aromatic heterocycles. The summed E-state index contributed by atoms with van der Waals surface area (Å²) in [6.45, 7) is 6.56. The number of esters is 3. The second-order valence-corrected chi connectivity index (χ2v) is 13.6. The van der Waals surface area contributed by atoms with Gasteiger partial charge in [-0.1, -0.05) is 181 Å². The smallest absolute Gasteiger partial charge is 0.306 e. The summed E-state index contributed by atoms with van der Waals surface area (Å²) in [5.41, 5.74) is 0. The first kappa shape index (κ1) is 44.4. The highest BCUT2D eigenvalue weighted by atomic mass is 16.6. The van der Waals surface area contributed by atoms with Crippen LogP contribution in [0.3, 0.4) is 0 Å². The highest BCUT2D eigenvalue weighted by molar-refractivity contribution is 5.71. The number of hydrogen-bond donors (Lipinski definition) is 0. The number of hydrogen-bond acceptors (Lipinski definition) is 6. The van der Waals surface area contributed by atoms with E-state index < -0.39 is 6.10 Å². The van der Waals surface area contributed by atoms with Crippen LogP contribution in [0.2, 0.25) is 0 Å². The lowest BCUT2D eigenvalue weighted by atomic mass is 10.1. The molecule has 0 aromatic carbocycles. The monoisotopic (exact) mass is 653 g/mol. The van der Waals surface area contributed by atoms with Gasteiger partial charge >= 0.3 is 17.9 Å². The van der Waals surface area contributed by atoms with Crippen molar-refractivity contribution in [3.63, 3.8) is 0 Å². The molecule has 0 heterocycles. The standard InChI is InChI=1S/C40H76O6/c1-4-7-10-13-16-18-20-22-24-27-30-33-39(42)45-36-37(35-44-38(41)32-29-26-15-12-9-6-3)46-40(43)34-31-28-25-23-21-19-17-14-11-8-5-2/h37H,4-36H2,1-3H3. The Balaban J connectivity index is 4.29. The molecular weight excluding hydrogens is 576 g/mol. The Bertz CT molecular complexity index is 679. The summed E-state index contributed by atoms with van der Waals surface area (Å²) >= 11 is 0. The van der Waals surface area contributed by atoms with Crippen molar-refractivity contribution in [1.29, 1.82) is 0 Å². The van der Waals surface area contributed by atoms with E-state index in [2.05, 4.69) is 20.8 Å². The van der Waals surface area contributed by atoms with Crippen molar-refractivity contribution in [2.24, 2.45) is 0 Å². The molecule has 0 aliphatic rings. The fraction of sp³-hybridized carbons (Fsp3) is 0.925. The van der Waals surface area contributed by atoms with Gasteiger partial charge in [-0.15, -0.1) is 0 Å². The summed E-state index contributed by atoms with van der Waals surface area (Å²) < 4.78 is 16.5. The molecule has 0 aliphatic heterocycles. The summed E-state index contributed by atoms with van der Waals surface area (Å²) in [5, 5.41) is 0. The van der Waals surface area contributed by atoms with Gasteiger partial charge in [-0.3, -0.25) is 14.4 Å². The van der Waals surface area contributed by atoms with Gasteiger partial charge in [0.25, 0.3) is 0 Å². The first-order chi connectivity index (χ1) is 22.5. The lowest BCUT2D eigenvalue weighted by molar-refractivity contribution is -0.167. The van der Waals surface area contributed by atoms with E-state index in [4.69, 9.17) is 14.2 Å².